The molecule has 0 rings (SSSR count). The van der Waals surface area contributed by atoms with Gasteiger partial charge in [0.1, 0.15) is 0 Å². The maximum absolute atomic E-state index is 3.28. The molecule has 0 spiro atoms. The van der Waals surface area contributed by atoms with E-state index in [0.717, 1.165) is 0 Å². The molecule has 0 bridgehead atoms. The van der Waals surface area contributed by atoms with E-state index in [9.17, 15) is 0 Å². The quantitative estimate of drug-likeness (QED) is 0.207. The fourth-order valence-electron chi connectivity index (χ4n) is 1.93. The van der Waals surface area contributed by atoms with E-state index >= 15 is 0 Å². The average Bonchev–Trinajstić information content (AvgIpc) is 2.50. The molecular formula is C20H30Hg. The molecule has 0 saturated heterocycles. The van der Waals surface area contributed by atoms with Crippen molar-refractivity contribution in [3.05, 3.63) is 24.3 Å². The summed E-state index contributed by atoms with van der Waals surface area (Å²) >= 11 is -1.21. The Morgan fingerprint density at radius 3 is 1.57 bits per heavy atom. The first-order valence-electron chi connectivity index (χ1n) is 8.68. The van der Waals surface area contributed by atoms with Gasteiger partial charge in [0.2, 0.25) is 0 Å². The Morgan fingerprint density at radius 1 is 0.667 bits per heavy atom. The van der Waals surface area contributed by atoms with Crippen molar-refractivity contribution in [1.29, 1.82) is 0 Å². The first-order chi connectivity index (χ1) is 10.4. The molecule has 0 aliphatic heterocycles. The van der Waals surface area contributed by atoms with E-state index in [2.05, 4.69) is 44.7 Å². The Labute approximate surface area is 145 Å². The molecule has 0 aliphatic carbocycles. The Balaban J connectivity index is 3.49. The summed E-state index contributed by atoms with van der Waals surface area (Å²) in [6.07, 6.45) is 21.5. The van der Waals surface area contributed by atoms with E-state index in [0.29, 0.717) is 0 Å². The van der Waals surface area contributed by atoms with Crippen molar-refractivity contribution in [3.8, 4) is 18.7 Å². The Hall–Kier alpha value is -0.465. The second kappa shape index (κ2) is 19.5. The van der Waals surface area contributed by atoms with Crippen LogP contribution in [0.4, 0.5) is 0 Å². The summed E-state index contributed by atoms with van der Waals surface area (Å²) in [7, 11) is 0. The second-order valence-corrected chi connectivity index (χ2v) is 9.45. The third-order valence-corrected chi connectivity index (χ3v) is 6.19. The molecule has 0 saturated carbocycles. The van der Waals surface area contributed by atoms with Crippen LogP contribution in [-0.4, -0.2) is 0 Å². The van der Waals surface area contributed by atoms with Crippen molar-refractivity contribution < 1.29 is 24.6 Å². The summed E-state index contributed by atoms with van der Waals surface area (Å²) in [5, 5.41) is 0. The predicted octanol–water partition coefficient (Wildman–Crippen LogP) is 6.04. The molecule has 21 heavy (non-hydrogen) atoms. The van der Waals surface area contributed by atoms with Crippen LogP contribution < -0.4 is 0 Å². The Bertz CT molecular complexity index is 344. The van der Waals surface area contributed by atoms with Crippen molar-refractivity contribution in [2.45, 2.75) is 78.1 Å². The molecule has 0 atom stereocenters. The van der Waals surface area contributed by atoms with Gasteiger partial charge in [-0.05, 0) is 0 Å². The fraction of sp³-hybridized carbons (Fsp3) is 0.600. The first kappa shape index (κ1) is 20.5. The molecular weight excluding hydrogens is 441 g/mol. The molecule has 0 N–H and O–H groups in total. The van der Waals surface area contributed by atoms with E-state index in [1.807, 2.05) is 12.2 Å². The van der Waals surface area contributed by atoms with Gasteiger partial charge in [0, 0.05) is 0 Å². The zero-order chi connectivity index (χ0) is 15.4. The van der Waals surface area contributed by atoms with Crippen LogP contribution in [0.3, 0.4) is 0 Å². The SMILES string of the molecule is CCCCCC/C=C\C#[C][Hg][C]#C/C=C\CCCCCC. The van der Waals surface area contributed by atoms with Crippen molar-refractivity contribution in [1.82, 2.24) is 0 Å². The van der Waals surface area contributed by atoms with Gasteiger partial charge in [0.05, 0.1) is 0 Å². The summed E-state index contributed by atoms with van der Waals surface area (Å²) < 4.78 is 6.57. The van der Waals surface area contributed by atoms with Gasteiger partial charge in [-0.2, -0.15) is 0 Å². The first-order valence-corrected chi connectivity index (χ1v) is 14.2. The molecule has 1 heteroatoms. The molecule has 0 fully saturated rings. The molecule has 0 heterocycles. The topological polar surface area (TPSA) is 0 Å². The predicted molar refractivity (Wildman–Crippen MR) is 91.4 cm³/mol. The van der Waals surface area contributed by atoms with Crippen LogP contribution in [0.2, 0.25) is 0 Å². The zero-order valence-corrected chi connectivity index (χ0v) is 19.6. The molecule has 0 radical (unpaired) electrons. The molecule has 0 aliphatic rings. The Kier molecular flexibility index (Phi) is 19.1. The van der Waals surface area contributed by atoms with Crippen LogP contribution in [0.25, 0.3) is 0 Å². The van der Waals surface area contributed by atoms with Gasteiger partial charge in [-0.3, -0.25) is 0 Å². The summed E-state index contributed by atoms with van der Waals surface area (Å²) in [4.78, 5) is 0. The summed E-state index contributed by atoms with van der Waals surface area (Å²) in [5.41, 5.74) is 0. The average molecular weight is 471 g/mol. The molecule has 0 nitrogen and oxygen atoms in total. The van der Waals surface area contributed by atoms with E-state index in [-0.39, 0.29) is 0 Å². The number of rotatable bonds is 10. The Morgan fingerprint density at radius 2 is 1.14 bits per heavy atom. The van der Waals surface area contributed by atoms with Gasteiger partial charge in [0.25, 0.3) is 0 Å². The standard InChI is InChI=1S/2C10H15.Hg/c2*1-3-5-7-9-10-8-6-4-2;/h2*6,8H,3,5,7,9-10H2,1H3;/b2*8-6-;. The normalized spacial score (nSPS) is 10.0. The minimum absolute atomic E-state index is 1.18. The van der Waals surface area contributed by atoms with Crippen molar-refractivity contribution in [2.75, 3.05) is 0 Å². The monoisotopic (exact) mass is 472 g/mol. The van der Waals surface area contributed by atoms with Crippen molar-refractivity contribution >= 4 is 0 Å². The van der Waals surface area contributed by atoms with E-state index < -0.39 is 24.6 Å². The third-order valence-electron chi connectivity index (χ3n) is 3.23. The summed E-state index contributed by atoms with van der Waals surface area (Å²) in [5.74, 6) is 6.29. The molecule has 0 aromatic heterocycles. The molecule has 112 valence electrons. The van der Waals surface area contributed by atoms with E-state index in [1.165, 1.54) is 64.2 Å². The van der Waals surface area contributed by atoms with Gasteiger partial charge >= 0.3 is 146 Å². The van der Waals surface area contributed by atoms with Gasteiger partial charge in [-0.25, -0.2) is 0 Å². The summed E-state index contributed by atoms with van der Waals surface area (Å²) in [6, 6.07) is 0. The zero-order valence-electron chi connectivity index (χ0n) is 14.1. The van der Waals surface area contributed by atoms with Crippen molar-refractivity contribution in [2.24, 2.45) is 0 Å². The van der Waals surface area contributed by atoms with Gasteiger partial charge in [-0.15, -0.1) is 0 Å². The van der Waals surface area contributed by atoms with Crippen LogP contribution in [-0.2, 0) is 24.6 Å². The van der Waals surface area contributed by atoms with Gasteiger partial charge in [-0.1, -0.05) is 0 Å². The van der Waals surface area contributed by atoms with Crippen molar-refractivity contribution in [3.63, 3.8) is 0 Å². The molecule has 0 unspecified atom stereocenters. The molecule has 0 aromatic carbocycles. The van der Waals surface area contributed by atoms with E-state index in [4.69, 9.17) is 0 Å². The maximum atomic E-state index is 3.28. The minimum atomic E-state index is -1.21. The van der Waals surface area contributed by atoms with Crippen LogP contribution >= 0.6 is 0 Å². The summed E-state index contributed by atoms with van der Waals surface area (Å²) in [6.45, 7) is 4.49. The molecule has 0 amide bonds. The number of hydrogen-bond donors (Lipinski definition) is 0. The third kappa shape index (κ3) is 19.5. The molecule has 0 aromatic rings. The van der Waals surface area contributed by atoms with Crippen LogP contribution in [0.15, 0.2) is 24.3 Å². The number of allylic oxidation sites excluding steroid dienone is 4. The second-order valence-electron chi connectivity index (χ2n) is 5.32. The van der Waals surface area contributed by atoms with Crippen LogP contribution in [0.5, 0.6) is 0 Å². The van der Waals surface area contributed by atoms with Crippen LogP contribution in [0, 0.1) is 18.7 Å². The number of unbranched alkanes of at least 4 members (excludes halogenated alkanes) is 8. The van der Waals surface area contributed by atoms with E-state index in [1.54, 1.807) is 0 Å². The number of hydrogen-bond acceptors (Lipinski definition) is 0. The van der Waals surface area contributed by atoms with Gasteiger partial charge in [0.15, 0.2) is 0 Å². The fourth-order valence-corrected chi connectivity index (χ4v) is 3.98. The van der Waals surface area contributed by atoms with Crippen LogP contribution in [0.1, 0.15) is 78.1 Å². The van der Waals surface area contributed by atoms with Gasteiger partial charge < -0.3 is 0 Å².